The number of aryl methyl sites for hydroxylation is 5. The van der Waals surface area contributed by atoms with Crippen LogP contribution in [0.15, 0.2) is 97.1 Å². The first-order valence-electron chi connectivity index (χ1n) is 38.5. The smallest absolute Gasteiger partial charge is 0.275 e. The molecular formula is C82H78Cl3F4N17O10. The van der Waals surface area contributed by atoms with Gasteiger partial charge in [0, 0.05) is 123 Å². The lowest BCUT2D eigenvalue weighted by atomic mass is 10.0. The number of hydrogen-bond acceptors (Lipinski definition) is 17. The molecule has 3 aliphatic carbocycles. The zero-order valence-electron chi connectivity index (χ0n) is 63.1. The van der Waals surface area contributed by atoms with Crippen molar-refractivity contribution in [2.75, 3.05) is 46.1 Å². The number of hydrogen-bond donors (Lipinski definition) is 4. The molecule has 4 fully saturated rings. The summed E-state index contributed by atoms with van der Waals surface area (Å²) in [6.45, 7) is 11.4. The van der Waals surface area contributed by atoms with Gasteiger partial charge in [-0.05, 0) is 142 Å². The third-order valence-corrected chi connectivity index (χ3v) is 20.7. The quantitative estimate of drug-likeness (QED) is 0.0735. The Hall–Kier alpha value is -11.9. The van der Waals surface area contributed by atoms with Crippen molar-refractivity contribution >= 4 is 64.3 Å². The molecule has 0 spiro atoms. The molecule has 0 atom stereocenters. The van der Waals surface area contributed by atoms with E-state index in [1.807, 2.05) is 73.3 Å². The normalized spacial score (nSPS) is 15.8. The van der Waals surface area contributed by atoms with Gasteiger partial charge in [0.2, 0.25) is 29.4 Å². The predicted octanol–water partition coefficient (Wildman–Crippen LogP) is 13.6. The van der Waals surface area contributed by atoms with Crippen LogP contribution < -0.4 is 45.0 Å². The molecule has 9 aliphatic rings. The SMILES string of the molecule is CC(C)NC(=O)c1nn2c(c1-c1ccc(Cl)c(F)c1)OCCC2.N#Cc1cc(F)c(-c2c(C(=O)NC3CC3)nn3c2OCCC3)cc1F.N#Cc1ccc(F)c(-c2c(C(=O)NC3CC3)nn3c2OCCC3)c1.O=C(NC1CC1)c1nn2c(c1-c1cccc(Cl)c1)OCCC2.O=C(c1nn2c(c1-c1cccc(Cl)c1)OCCC2)N1CCC1. The lowest BCUT2D eigenvalue weighted by Crippen LogP contribution is -2.42. The van der Waals surface area contributed by atoms with Gasteiger partial charge in [-0.15, -0.1) is 0 Å². The Morgan fingerprint density at radius 1 is 0.422 bits per heavy atom. The maximum atomic E-state index is 14.5. The number of rotatable bonds is 14. The van der Waals surface area contributed by atoms with E-state index < -0.39 is 34.7 Å². The van der Waals surface area contributed by atoms with Crippen LogP contribution in [0.2, 0.25) is 15.1 Å². The Bertz CT molecular complexity index is 5570. The Kier molecular flexibility index (Phi) is 23.7. The van der Waals surface area contributed by atoms with E-state index in [1.165, 1.54) is 35.0 Å². The molecule has 19 rings (SSSR count). The standard InChI is InChI=1S/C17H14F2N4O2.C17H15FN4O2.C16H17ClFN3O2.2C16H16ClN3O2/c18-12-7-11(13(19)6-9(12)8-20)14-15(16(24)21-10-2-3-10)22-23-4-1-5-25-17(14)23;18-13-5-2-10(9-19)8-12(13)14-15(16(23)20-11-3-4-11)21-22-6-1-7-24-17(14)22;1-9(2)19-15(22)14-13(10-4-5-11(17)12(18)8-10)16-21(20-14)6-3-7-23-16;17-12-5-1-4-11(10-12)13-14(15(21)19-6-2-7-19)18-20-8-3-9-22-16(13)20;17-11-4-1-3-10(9-11)13-14(15(21)18-12-5-6-12)19-20-7-2-8-22-16(13)20/h6-7,10H,1-5H2,(H,21,24);2,5,8,11H,1,3-4,6-7H2,(H,20,23);4-5,8-9H,3,6-7H2,1-2H3,(H,19,22);1,4-5,10H,2-3,6-9H2;1,3-4,9,12H,2,5-8H2,(H,18,21). The van der Waals surface area contributed by atoms with E-state index in [4.69, 9.17) is 69.0 Å². The molecule has 34 heteroatoms. The number of likely N-dealkylation sites (tertiary alicyclic amines) is 1. The average molecular weight is 1640 g/mol. The number of nitriles is 2. The number of benzene rings is 5. The molecule has 5 aromatic carbocycles. The third kappa shape index (κ3) is 17.5. The van der Waals surface area contributed by atoms with E-state index in [0.29, 0.717) is 132 Å². The summed E-state index contributed by atoms with van der Waals surface area (Å²) in [5.41, 5.74) is 5.92. The summed E-state index contributed by atoms with van der Waals surface area (Å²) in [5.74, 6) is -1.50. The van der Waals surface area contributed by atoms with Crippen molar-refractivity contribution < 1.29 is 65.2 Å². The number of ether oxygens (including phenoxy) is 5. The summed E-state index contributed by atoms with van der Waals surface area (Å²) in [6, 6.07) is 29.3. The molecule has 5 aromatic heterocycles. The lowest BCUT2D eigenvalue weighted by Gasteiger charge is -2.30. The van der Waals surface area contributed by atoms with Gasteiger partial charge < -0.3 is 49.9 Å². The van der Waals surface area contributed by atoms with Gasteiger partial charge in [0.05, 0.1) is 83.1 Å². The van der Waals surface area contributed by atoms with Crippen molar-refractivity contribution in [1.82, 2.24) is 75.1 Å². The Morgan fingerprint density at radius 3 is 1.21 bits per heavy atom. The van der Waals surface area contributed by atoms with Crippen LogP contribution in [0.1, 0.15) is 154 Å². The monoisotopic (exact) mass is 1640 g/mol. The minimum Gasteiger partial charge on any atom is -0.477 e. The Labute approximate surface area is 677 Å². The van der Waals surface area contributed by atoms with Crippen molar-refractivity contribution in [2.45, 2.75) is 148 Å². The number of nitrogens with one attached hydrogen (secondary N) is 4. The van der Waals surface area contributed by atoms with Crippen LogP contribution in [-0.2, 0) is 32.7 Å². The van der Waals surface area contributed by atoms with Crippen LogP contribution in [0, 0.1) is 45.9 Å². The molecule has 116 heavy (non-hydrogen) atoms. The molecular weight excluding hydrogens is 1570 g/mol. The van der Waals surface area contributed by atoms with Crippen LogP contribution in [0.3, 0.4) is 0 Å². The third-order valence-electron chi connectivity index (χ3n) is 19.9. The van der Waals surface area contributed by atoms with Gasteiger partial charge in [0.15, 0.2) is 28.5 Å². The first kappa shape index (κ1) is 79.3. The summed E-state index contributed by atoms with van der Waals surface area (Å²) >= 11 is 18.0. The van der Waals surface area contributed by atoms with E-state index in [1.54, 1.807) is 30.9 Å². The van der Waals surface area contributed by atoms with Crippen molar-refractivity contribution in [1.29, 1.82) is 10.5 Å². The molecule has 600 valence electrons. The van der Waals surface area contributed by atoms with Crippen molar-refractivity contribution in [3.05, 3.63) is 175 Å². The maximum Gasteiger partial charge on any atom is 0.275 e. The molecule has 0 bridgehead atoms. The molecule has 0 radical (unpaired) electrons. The van der Waals surface area contributed by atoms with Gasteiger partial charge in [-0.1, -0.05) is 65.1 Å². The predicted molar refractivity (Wildman–Crippen MR) is 418 cm³/mol. The highest BCUT2D eigenvalue weighted by Crippen LogP contribution is 2.44. The van der Waals surface area contributed by atoms with Gasteiger partial charge in [0.25, 0.3) is 29.5 Å². The van der Waals surface area contributed by atoms with E-state index >= 15 is 0 Å². The highest BCUT2D eigenvalue weighted by atomic mass is 35.5. The number of aromatic nitrogens is 10. The highest BCUT2D eigenvalue weighted by molar-refractivity contribution is 6.31. The Morgan fingerprint density at radius 2 is 0.819 bits per heavy atom. The highest BCUT2D eigenvalue weighted by Gasteiger charge is 2.38. The molecule has 4 N–H and O–H groups in total. The Balaban J connectivity index is 0.000000114. The lowest BCUT2D eigenvalue weighted by molar-refractivity contribution is 0.0644. The first-order chi connectivity index (χ1) is 56.2. The zero-order chi connectivity index (χ0) is 81.0. The largest absolute Gasteiger partial charge is 0.477 e. The number of carbonyl (C=O) groups excluding carboxylic acids is 5. The van der Waals surface area contributed by atoms with Crippen LogP contribution in [-0.4, -0.2) is 154 Å². The number of carbonyl (C=O) groups is 5. The van der Waals surface area contributed by atoms with E-state index in [9.17, 15) is 41.5 Å². The molecule has 3 saturated carbocycles. The van der Waals surface area contributed by atoms with Crippen LogP contribution >= 0.6 is 34.8 Å². The van der Waals surface area contributed by atoms with Gasteiger partial charge in [-0.3, -0.25) is 24.0 Å². The fourth-order valence-electron chi connectivity index (χ4n) is 13.7. The summed E-state index contributed by atoms with van der Waals surface area (Å²) in [4.78, 5) is 64.5. The fourth-order valence-corrected chi connectivity index (χ4v) is 14.2. The topological polar surface area (TPSA) is 320 Å². The molecule has 0 unspecified atom stereocenters. The maximum absolute atomic E-state index is 14.5. The zero-order valence-corrected chi connectivity index (χ0v) is 65.3. The molecule has 27 nitrogen and oxygen atoms in total. The second-order valence-electron chi connectivity index (χ2n) is 29.2. The summed E-state index contributed by atoms with van der Waals surface area (Å²) in [5, 5.41) is 52.7. The molecule has 1 saturated heterocycles. The summed E-state index contributed by atoms with van der Waals surface area (Å²) < 4.78 is 93.7. The fraction of sp³-hybridized carbons (Fsp3) is 0.366. The average Bonchev–Trinajstić information content (AvgIpc) is 1.67. The minimum absolute atomic E-state index is 0.00630. The van der Waals surface area contributed by atoms with E-state index in [0.717, 1.165) is 131 Å². The van der Waals surface area contributed by atoms with Crippen LogP contribution in [0.25, 0.3) is 55.6 Å². The van der Waals surface area contributed by atoms with Crippen molar-refractivity contribution in [2.24, 2.45) is 0 Å². The van der Waals surface area contributed by atoms with Crippen molar-refractivity contribution in [3.63, 3.8) is 0 Å². The molecule has 6 aliphatic heterocycles. The van der Waals surface area contributed by atoms with Gasteiger partial charge >= 0.3 is 0 Å². The van der Waals surface area contributed by atoms with Crippen molar-refractivity contribution in [3.8, 4) is 97.2 Å². The van der Waals surface area contributed by atoms with Gasteiger partial charge in [-0.25, -0.2) is 41.0 Å². The molecule has 11 heterocycles. The summed E-state index contributed by atoms with van der Waals surface area (Å²) in [6.07, 6.45) is 10.9. The van der Waals surface area contributed by atoms with E-state index in [-0.39, 0.29) is 86.4 Å². The van der Waals surface area contributed by atoms with Crippen LogP contribution in [0.5, 0.6) is 29.4 Å². The number of halogens is 7. The molecule has 10 aromatic rings. The minimum atomic E-state index is -0.858. The number of amides is 5. The second-order valence-corrected chi connectivity index (χ2v) is 30.4. The summed E-state index contributed by atoms with van der Waals surface area (Å²) in [7, 11) is 0. The second kappa shape index (κ2) is 34.6. The van der Waals surface area contributed by atoms with Gasteiger partial charge in [0.1, 0.15) is 29.3 Å². The number of nitrogens with zero attached hydrogens (tertiary/aromatic N) is 13. The number of fused-ring (bicyclic) bond motifs is 5. The first-order valence-corrected chi connectivity index (χ1v) is 39.6. The molecule has 5 amide bonds. The van der Waals surface area contributed by atoms with Crippen LogP contribution in [0.4, 0.5) is 17.6 Å². The van der Waals surface area contributed by atoms with E-state index in [2.05, 4.69) is 46.8 Å². The van der Waals surface area contributed by atoms with Gasteiger partial charge in [-0.2, -0.15) is 36.0 Å².